The molecule has 0 spiro atoms. The van der Waals surface area contributed by atoms with Crippen LogP contribution in [0.15, 0.2) is 18.2 Å². The van der Waals surface area contributed by atoms with Crippen molar-refractivity contribution in [2.45, 2.75) is 38.6 Å². The quantitative estimate of drug-likeness (QED) is 0.572. The third-order valence-corrected chi connectivity index (χ3v) is 4.45. The molecule has 8 nitrogen and oxygen atoms in total. The smallest absolute Gasteiger partial charge is 0.273 e. The first-order valence-corrected chi connectivity index (χ1v) is 8.46. The number of rotatable bonds is 6. The lowest BCUT2D eigenvalue weighted by Gasteiger charge is -2.36. The number of carbonyl (C=O) groups excluding carboxylic acids is 2. The predicted molar refractivity (Wildman–Crippen MR) is 100 cm³/mol. The van der Waals surface area contributed by atoms with E-state index in [1.165, 1.54) is 6.07 Å². The summed E-state index contributed by atoms with van der Waals surface area (Å²) in [5, 5.41) is 13.9. The molecule has 3 N–H and O–H groups in total. The van der Waals surface area contributed by atoms with E-state index in [9.17, 15) is 19.7 Å². The van der Waals surface area contributed by atoms with Crippen molar-refractivity contribution in [3.63, 3.8) is 0 Å². The van der Waals surface area contributed by atoms with Crippen molar-refractivity contribution in [1.82, 2.24) is 10.2 Å². The Bertz CT molecular complexity index is 668. The van der Waals surface area contributed by atoms with Crippen molar-refractivity contribution in [2.75, 3.05) is 19.6 Å². The summed E-state index contributed by atoms with van der Waals surface area (Å²) in [6.45, 7) is 2.88. The highest BCUT2D eigenvalue weighted by Gasteiger charge is 2.28. The van der Waals surface area contributed by atoms with Gasteiger partial charge in [0.1, 0.15) is 0 Å². The van der Waals surface area contributed by atoms with Crippen LogP contribution in [-0.4, -0.2) is 47.3 Å². The van der Waals surface area contributed by atoms with E-state index in [1.807, 2.05) is 0 Å². The van der Waals surface area contributed by atoms with Crippen molar-refractivity contribution in [3.8, 4) is 0 Å². The lowest BCUT2D eigenvalue weighted by Crippen LogP contribution is -2.49. The van der Waals surface area contributed by atoms with Crippen LogP contribution in [0.1, 0.15) is 41.6 Å². The molecule has 2 rings (SSSR count). The maximum Gasteiger partial charge on any atom is 0.273 e. The van der Waals surface area contributed by atoms with Gasteiger partial charge in [-0.25, -0.2) is 0 Å². The van der Waals surface area contributed by atoms with Crippen LogP contribution in [0.25, 0.3) is 0 Å². The molecule has 1 aliphatic heterocycles. The number of nitrogens with two attached hydrogens (primary N) is 1. The predicted octanol–water partition coefficient (Wildman–Crippen LogP) is 1.78. The number of hydrogen-bond donors (Lipinski definition) is 2. The third kappa shape index (κ3) is 5.40. The Labute approximate surface area is 158 Å². The Kier molecular flexibility index (Phi) is 8.47. The van der Waals surface area contributed by atoms with Crippen LogP contribution in [0, 0.1) is 17.0 Å². The Hall–Kier alpha value is -2.19. The number of benzene rings is 1. The van der Waals surface area contributed by atoms with E-state index < -0.39 is 4.92 Å². The molecule has 2 amide bonds. The van der Waals surface area contributed by atoms with Gasteiger partial charge in [-0.2, -0.15) is 0 Å². The summed E-state index contributed by atoms with van der Waals surface area (Å²) in [6.07, 6.45) is 2.91. The molecule has 1 saturated heterocycles. The van der Waals surface area contributed by atoms with E-state index >= 15 is 0 Å². The van der Waals surface area contributed by atoms with E-state index in [4.69, 9.17) is 5.73 Å². The van der Waals surface area contributed by atoms with Crippen LogP contribution >= 0.6 is 12.4 Å². The van der Waals surface area contributed by atoms with Gasteiger partial charge in [-0.3, -0.25) is 19.7 Å². The maximum atomic E-state index is 12.8. The summed E-state index contributed by atoms with van der Waals surface area (Å²) in [5.74, 6) is -0.368. The molecule has 1 atom stereocenters. The van der Waals surface area contributed by atoms with Crippen molar-refractivity contribution in [2.24, 2.45) is 5.73 Å². The van der Waals surface area contributed by atoms with E-state index in [-0.39, 0.29) is 48.9 Å². The monoisotopic (exact) mass is 384 g/mol. The third-order valence-electron chi connectivity index (χ3n) is 4.45. The minimum absolute atomic E-state index is 0. The van der Waals surface area contributed by atoms with Gasteiger partial charge >= 0.3 is 0 Å². The molecule has 0 aliphatic carbocycles. The number of halogens is 1. The molecule has 0 bridgehead atoms. The molecular formula is C17H25ClN4O4. The van der Waals surface area contributed by atoms with Crippen molar-refractivity contribution < 1.29 is 14.5 Å². The number of nitrogens with one attached hydrogen (secondary N) is 1. The number of hydrogen-bond acceptors (Lipinski definition) is 5. The average Bonchev–Trinajstić information content (AvgIpc) is 2.60. The van der Waals surface area contributed by atoms with Gasteiger partial charge in [-0.15, -0.1) is 12.4 Å². The Morgan fingerprint density at radius 2 is 2.12 bits per heavy atom. The zero-order valence-electron chi connectivity index (χ0n) is 14.8. The summed E-state index contributed by atoms with van der Waals surface area (Å²) in [7, 11) is 0. The second-order valence-corrected chi connectivity index (χ2v) is 6.25. The summed E-state index contributed by atoms with van der Waals surface area (Å²) < 4.78 is 0. The summed E-state index contributed by atoms with van der Waals surface area (Å²) >= 11 is 0. The van der Waals surface area contributed by atoms with Crippen LogP contribution in [-0.2, 0) is 4.79 Å². The van der Waals surface area contributed by atoms with Gasteiger partial charge in [-0.05, 0) is 32.3 Å². The number of aryl methyl sites for hydroxylation is 1. The number of nitro groups is 1. The van der Waals surface area contributed by atoms with E-state index in [0.29, 0.717) is 24.2 Å². The number of nitro benzene ring substituents is 1. The minimum atomic E-state index is -0.479. The molecular weight excluding hydrogens is 360 g/mol. The molecule has 9 heteroatoms. The molecule has 0 radical (unpaired) electrons. The van der Waals surface area contributed by atoms with Crippen LogP contribution in [0.4, 0.5) is 5.69 Å². The number of carbonyl (C=O) groups is 2. The molecule has 1 aromatic rings. The second-order valence-electron chi connectivity index (χ2n) is 6.25. The number of nitrogens with zero attached hydrogens (tertiary/aromatic N) is 2. The lowest BCUT2D eigenvalue weighted by molar-refractivity contribution is -0.385. The first-order chi connectivity index (χ1) is 11.9. The highest BCUT2D eigenvalue weighted by Crippen LogP contribution is 2.23. The zero-order chi connectivity index (χ0) is 18.4. The minimum Gasteiger partial charge on any atom is -0.354 e. The van der Waals surface area contributed by atoms with Gasteiger partial charge in [0.15, 0.2) is 0 Å². The van der Waals surface area contributed by atoms with Crippen LogP contribution in [0.3, 0.4) is 0 Å². The fourth-order valence-electron chi connectivity index (χ4n) is 3.04. The van der Waals surface area contributed by atoms with Crippen LogP contribution in [0.2, 0.25) is 0 Å². The van der Waals surface area contributed by atoms with Gasteiger partial charge < -0.3 is 16.0 Å². The zero-order valence-corrected chi connectivity index (χ0v) is 15.6. The Morgan fingerprint density at radius 3 is 2.77 bits per heavy atom. The summed E-state index contributed by atoms with van der Waals surface area (Å²) in [6, 6.07) is 4.43. The Balaban J connectivity index is 0.00000338. The maximum absolute atomic E-state index is 12.8. The van der Waals surface area contributed by atoms with Crippen molar-refractivity contribution in [1.29, 1.82) is 0 Å². The van der Waals surface area contributed by atoms with Gasteiger partial charge in [0, 0.05) is 49.3 Å². The molecule has 0 aromatic heterocycles. The molecule has 0 saturated carbocycles. The normalized spacial score (nSPS) is 16.5. The van der Waals surface area contributed by atoms with Crippen LogP contribution < -0.4 is 11.1 Å². The fourth-order valence-corrected chi connectivity index (χ4v) is 3.04. The first-order valence-electron chi connectivity index (χ1n) is 8.46. The largest absolute Gasteiger partial charge is 0.354 e. The molecule has 1 fully saturated rings. The topological polar surface area (TPSA) is 119 Å². The van der Waals surface area contributed by atoms with Crippen molar-refractivity contribution >= 4 is 29.9 Å². The molecule has 26 heavy (non-hydrogen) atoms. The molecule has 1 unspecified atom stereocenters. The van der Waals surface area contributed by atoms with Gasteiger partial charge in [-0.1, -0.05) is 6.07 Å². The summed E-state index contributed by atoms with van der Waals surface area (Å²) in [5.41, 5.74) is 6.12. The standard InChI is InChI=1S/C17H24N4O4.ClH/c1-12-5-6-13(10-15(12)21(24)25)17(23)20-9-3-2-4-14(20)11-19-16(22)7-8-18;/h5-6,10,14H,2-4,7-9,11,18H2,1H3,(H,19,22);1H. The average molecular weight is 385 g/mol. The van der Waals surface area contributed by atoms with Gasteiger partial charge in [0.25, 0.3) is 11.6 Å². The number of amides is 2. The highest BCUT2D eigenvalue weighted by atomic mass is 35.5. The fraction of sp³-hybridized carbons (Fsp3) is 0.529. The van der Waals surface area contributed by atoms with E-state index in [2.05, 4.69) is 5.32 Å². The van der Waals surface area contributed by atoms with Gasteiger partial charge in [0.2, 0.25) is 5.91 Å². The van der Waals surface area contributed by atoms with E-state index in [1.54, 1.807) is 24.0 Å². The number of likely N-dealkylation sites (tertiary alicyclic amines) is 1. The lowest BCUT2D eigenvalue weighted by atomic mass is 10.00. The SMILES string of the molecule is Cc1ccc(C(=O)N2CCCCC2CNC(=O)CCN)cc1[N+](=O)[O-].Cl. The summed E-state index contributed by atoms with van der Waals surface area (Å²) in [4.78, 5) is 36.8. The van der Waals surface area contributed by atoms with E-state index in [0.717, 1.165) is 19.3 Å². The molecule has 1 aliphatic rings. The Morgan fingerprint density at radius 1 is 1.38 bits per heavy atom. The number of piperidine rings is 1. The first kappa shape index (κ1) is 21.9. The van der Waals surface area contributed by atoms with Crippen molar-refractivity contribution in [3.05, 3.63) is 39.4 Å². The molecule has 1 heterocycles. The van der Waals surface area contributed by atoms with Crippen LogP contribution in [0.5, 0.6) is 0 Å². The highest BCUT2D eigenvalue weighted by molar-refractivity contribution is 5.95. The second kappa shape index (κ2) is 10.1. The van der Waals surface area contributed by atoms with Gasteiger partial charge in [0.05, 0.1) is 4.92 Å². The molecule has 144 valence electrons. The molecule has 1 aromatic carbocycles.